The van der Waals surface area contributed by atoms with Gasteiger partial charge in [-0.15, -0.1) is 5.92 Å². The number of unbranched alkanes of at least 4 members (excludes halogenated alkanes) is 2. The largest absolute Gasteiger partial charge is 0.293 e. The molecular weight excluding hydrogens is 184 g/mol. The molecule has 0 aliphatic rings. The molecule has 0 aliphatic heterocycles. The van der Waals surface area contributed by atoms with Crippen LogP contribution in [0.5, 0.6) is 0 Å². The third-order valence-corrected chi connectivity index (χ3v) is 2.13. The summed E-state index contributed by atoms with van der Waals surface area (Å²) in [6.07, 6.45) is 3.51. The van der Waals surface area contributed by atoms with Crippen molar-refractivity contribution in [3.63, 3.8) is 0 Å². The van der Waals surface area contributed by atoms with Crippen LogP contribution in [0.15, 0.2) is 30.3 Å². The van der Waals surface area contributed by atoms with Crippen molar-refractivity contribution in [2.24, 2.45) is 0 Å². The molecule has 0 unspecified atom stereocenters. The van der Waals surface area contributed by atoms with Crippen molar-refractivity contribution in [2.45, 2.75) is 32.6 Å². The van der Waals surface area contributed by atoms with Gasteiger partial charge >= 0.3 is 0 Å². The van der Waals surface area contributed by atoms with Gasteiger partial charge in [-0.25, -0.2) is 0 Å². The van der Waals surface area contributed by atoms with Crippen LogP contribution in [0.3, 0.4) is 0 Å². The number of hydrogen-bond acceptors (Lipinski definition) is 1. The van der Waals surface area contributed by atoms with Crippen LogP contribution >= 0.6 is 0 Å². The fourth-order valence-electron chi connectivity index (χ4n) is 1.22. The first kappa shape index (κ1) is 11.5. The summed E-state index contributed by atoms with van der Waals surface area (Å²) in [4.78, 5) is 11.6. The summed E-state index contributed by atoms with van der Waals surface area (Å²) in [6.45, 7) is 2.14. The first-order valence-electron chi connectivity index (χ1n) is 5.38. The van der Waals surface area contributed by atoms with Gasteiger partial charge in [-0.3, -0.25) is 4.79 Å². The molecule has 0 fully saturated rings. The highest BCUT2D eigenvalue weighted by molar-refractivity contribution is 5.97. The van der Waals surface area contributed by atoms with E-state index >= 15 is 0 Å². The van der Waals surface area contributed by atoms with Gasteiger partial charge in [-0.2, -0.15) is 0 Å². The van der Waals surface area contributed by atoms with Crippen molar-refractivity contribution in [1.29, 1.82) is 0 Å². The predicted octanol–water partition coefficient (Wildman–Crippen LogP) is 3.45. The minimum Gasteiger partial charge on any atom is -0.293 e. The molecular formula is C14H16O. The fraction of sp³-hybridized carbons (Fsp3) is 0.357. The molecule has 0 atom stereocenters. The van der Waals surface area contributed by atoms with Gasteiger partial charge in [0.25, 0.3) is 0 Å². The molecule has 0 heterocycles. The lowest BCUT2D eigenvalue weighted by Gasteiger charge is -1.94. The summed E-state index contributed by atoms with van der Waals surface area (Å²) in [5, 5.41) is 0. The van der Waals surface area contributed by atoms with Gasteiger partial charge in [0, 0.05) is 12.0 Å². The van der Waals surface area contributed by atoms with Gasteiger partial charge in [0.05, 0.1) is 6.42 Å². The highest BCUT2D eigenvalue weighted by Gasteiger charge is 2.00. The van der Waals surface area contributed by atoms with Gasteiger partial charge in [0.2, 0.25) is 0 Å². The Hall–Kier alpha value is -1.55. The number of rotatable bonds is 4. The van der Waals surface area contributed by atoms with Gasteiger partial charge in [0.15, 0.2) is 5.78 Å². The molecule has 78 valence electrons. The molecule has 0 radical (unpaired) electrons. The minimum atomic E-state index is 0.111. The average Bonchev–Trinajstić information content (AvgIpc) is 2.30. The van der Waals surface area contributed by atoms with E-state index in [4.69, 9.17) is 0 Å². The van der Waals surface area contributed by atoms with E-state index in [2.05, 4.69) is 18.8 Å². The molecule has 1 rings (SSSR count). The number of benzene rings is 1. The Bertz CT molecular complexity index is 354. The SMILES string of the molecule is CCCCC#CCC(=O)c1ccccc1. The van der Waals surface area contributed by atoms with Gasteiger partial charge < -0.3 is 0 Å². The normalized spacial score (nSPS) is 9.13. The quantitative estimate of drug-likeness (QED) is 0.413. The first-order valence-corrected chi connectivity index (χ1v) is 5.38. The summed E-state index contributed by atoms with van der Waals surface area (Å²) < 4.78 is 0. The van der Waals surface area contributed by atoms with E-state index in [1.165, 1.54) is 0 Å². The topological polar surface area (TPSA) is 17.1 Å². The Morgan fingerprint density at radius 2 is 1.93 bits per heavy atom. The van der Waals surface area contributed by atoms with Gasteiger partial charge in [-0.05, 0) is 6.42 Å². The second-order valence-corrected chi connectivity index (χ2v) is 3.42. The smallest absolute Gasteiger partial charge is 0.174 e. The Morgan fingerprint density at radius 3 is 2.60 bits per heavy atom. The average molecular weight is 200 g/mol. The van der Waals surface area contributed by atoms with Crippen LogP contribution in [0.25, 0.3) is 0 Å². The number of carbonyl (C=O) groups is 1. The predicted molar refractivity (Wildman–Crippen MR) is 62.7 cm³/mol. The lowest BCUT2D eigenvalue weighted by molar-refractivity contribution is 0.0998. The third kappa shape index (κ3) is 4.46. The zero-order valence-corrected chi connectivity index (χ0v) is 9.12. The lowest BCUT2D eigenvalue weighted by atomic mass is 10.1. The molecule has 0 N–H and O–H groups in total. The molecule has 0 saturated heterocycles. The second kappa shape index (κ2) is 6.84. The summed E-state index contributed by atoms with van der Waals surface area (Å²) >= 11 is 0. The third-order valence-electron chi connectivity index (χ3n) is 2.13. The molecule has 0 amide bonds. The number of ketones is 1. The standard InChI is InChI=1S/C14H16O/c1-2-3-4-5-9-12-14(15)13-10-7-6-8-11-13/h6-8,10-11H,2-4,12H2,1H3. The van der Waals surface area contributed by atoms with Crippen LogP contribution in [-0.2, 0) is 0 Å². The van der Waals surface area contributed by atoms with E-state index in [-0.39, 0.29) is 5.78 Å². The van der Waals surface area contributed by atoms with Crippen molar-refractivity contribution in [2.75, 3.05) is 0 Å². The van der Waals surface area contributed by atoms with E-state index in [0.717, 1.165) is 24.8 Å². The molecule has 0 aromatic heterocycles. The summed E-state index contributed by atoms with van der Waals surface area (Å²) in [5.41, 5.74) is 0.752. The number of hydrogen-bond donors (Lipinski definition) is 0. The maximum Gasteiger partial charge on any atom is 0.174 e. The van der Waals surface area contributed by atoms with Crippen molar-refractivity contribution in [3.8, 4) is 11.8 Å². The van der Waals surface area contributed by atoms with Gasteiger partial charge in [0.1, 0.15) is 0 Å². The fourth-order valence-corrected chi connectivity index (χ4v) is 1.22. The Kier molecular flexibility index (Phi) is 5.25. The summed E-state index contributed by atoms with van der Waals surface area (Å²) in [5.74, 6) is 6.05. The molecule has 0 bridgehead atoms. The molecule has 0 saturated carbocycles. The van der Waals surface area contributed by atoms with Crippen LogP contribution in [-0.4, -0.2) is 5.78 Å². The van der Waals surface area contributed by atoms with Crippen LogP contribution in [0.4, 0.5) is 0 Å². The Morgan fingerprint density at radius 1 is 1.20 bits per heavy atom. The molecule has 1 nitrogen and oxygen atoms in total. The van der Waals surface area contributed by atoms with E-state index in [1.807, 2.05) is 30.3 Å². The number of carbonyl (C=O) groups excluding carboxylic acids is 1. The van der Waals surface area contributed by atoms with Gasteiger partial charge in [-0.1, -0.05) is 49.6 Å². The minimum absolute atomic E-state index is 0.111. The summed E-state index contributed by atoms with van der Waals surface area (Å²) in [6, 6.07) is 9.31. The highest BCUT2D eigenvalue weighted by atomic mass is 16.1. The zero-order chi connectivity index (χ0) is 10.9. The molecule has 1 aromatic rings. The van der Waals surface area contributed by atoms with E-state index in [0.29, 0.717) is 6.42 Å². The lowest BCUT2D eigenvalue weighted by Crippen LogP contribution is -1.96. The van der Waals surface area contributed by atoms with Crippen molar-refractivity contribution >= 4 is 5.78 Å². The molecule has 0 aliphatic carbocycles. The number of Topliss-reactive ketones (excluding diaryl/α,β-unsaturated/α-hetero) is 1. The van der Waals surface area contributed by atoms with Crippen LogP contribution in [0.2, 0.25) is 0 Å². The maximum atomic E-state index is 11.6. The zero-order valence-electron chi connectivity index (χ0n) is 9.12. The van der Waals surface area contributed by atoms with E-state index in [9.17, 15) is 4.79 Å². The highest BCUT2D eigenvalue weighted by Crippen LogP contribution is 2.02. The van der Waals surface area contributed by atoms with Crippen molar-refractivity contribution in [3.05, 3.63) is 35.9 Å². The molecule has 1 heteroatoms. The first-order chi connectivity index (χ1) is 7.34. The summed E-state index contributed by atoms with van der Waals surface area (Å²) in [7, 11) is 0. The van der Waals surface area contributed by atoms with E-state index in [1.54, 1.807) is 0 Å². The molecule has 1 aromatic carbocycles. The van der Waals surface area contributed by atoms with Crippen LogP contribution < -0.4 is 0 Å². The van der Waals surface area contributed by atoms with Crippen LogP contribution in [0.1, 0.15) is 43.0 Å². The van der Waals surface area contributed by atoms with E-state index < -0.39 is 0 Å². The Balaban J connectivity index is 2.39. The second-order valence-electron chi connectivity index (χ2n) is 3.42. The molecule has 15 heavy (non-hydrogen) atoms. The maximum absolute atomic E-state index is 11.6. The molecule has 0 spiro atoms. The van der Waals surface area contributed by atoms with Crippen molar-refractivity contribution < 1.29 is 4.79 Å². The Labute approximate surface area is 91.5 Å². The van der Waals surface area contributed by atoms with Crippen LogP contribution in [0, 0.1) is 11.8 Å². The monoisotopic (exact) mass is 200 g/mol. The van der Waals surface area contributed by atoms with Crippen molar-refractivity contribution in [1.82, 2.24) is 0 Å².